The van der Waals surface area contributed by atoms with Gasteiger partial charge in [-0.2, -0.15) is 0 Å². The van der Waals surface area contributed by atoms with E-state index in [-0.39, 0.29) is 28.6 Å². The van der Waals surface area contributed by atoms with Crippen molar-refractivity contribution in [2.75, 3.05) is 16.8 Å². The van der Waals surface area contributed by atoms with Gasteiger partial charge in [-0.05, 0) is 32.3 Å². The maximum absolute atomic E-state index is 11.9. The summed E-state index contributed by atoms with van der Waals surface area (Å²) in [7, 11) is 0. The molecule has 0 saturated carbocycles. The second-order valence-corrected chi connectivity index (χ2v) is 6.67. The van der Waals surface area contributed by atoms with Gasteiger partial charge >= 0.3 is 0 Å². The van der Waals surface area contributed by atoms with Crippen LogP contribution in [-0.2, 0) is 4.79 Å². The van der Waals surface area contributed by atoms with Crippen LogP contribution in [-0.4, -0.2) is 23.4 Å². The van der Waals surface area contributed by atoms with Crippen molar-refractivity contribution in [1.82, 2.24) is 0 Å². The Labute approximate surface area is 141 Å². The van der Waals surface area contributed by atoms with E-state index in [1.54, 1.807) is 19.9 Å². The summed E-state index contributed by atoms with van der Waals surface area (Å²) in [6.07, 6.45) is 3.11. The zero-order valence-corrected chi connectivity index (χ0v) is 14.4. The van der Waals surface area contributed by atoms with Crippen LogP contribution in [0.5, 0.6) is 0 Å². The van der Waals surface area contributed by atoms with Gasteiger partial charge in [0.1, 0.15) is 5.69 Å². The summed E-state index contributed by atoms with van der Waals surface area (Å²) < 4.78 is 0. The van der Waals surface area contributed by atoms with E-state index in [1.165, 1.54) is 6.07 Å². The van der Waals surface area contributed by atoms with E-state index >= 15 is 0 Å². The van der Waals surface area contributed by atoms with Crippen molar-refractivity contribution in [2.45, 2.75) is 46.1 Å². The van der Waals surface area contributed by atoms with E-state index in [1.807, 2.05) is 4.90 Å². The van der Waals surface area contributed by atoms with Crippen molar-refractivity contribution in [3.63, 3.8) is 0 Å². The number of rotatable bonds is 4. The third-order valence-electron chi connectivity index (χ3n) is 4.16. The second kappa shape index (κ2) is 7.17. The number of carbonyl (C=O) groups is 1. The Kier molecular flexibility index (Phi) is 5.46. The van der Waals surface area contributed by atoms with Gasteiger partial charge in [0.15, 0.2) is 0 Å². The highest BCUT2D eigenvalue weighted by Crippen LogP contribution is 2.39. The number of nitrogens with zero attached hydrogens (tertiary/aromatic N) is 2. The number of amides is 1. The Morgan fingerprint density at radius 1 is 1.43 bits per heavy atom. The molecule has 23 heavy (non-hydrogen) atoms. The van der Waals surface area contributed by atoms with Crippen LogP contribution < -0.4 is 10.2 Å². The molecule has 0 radical (unpaired) electrons. The van der Waals surface area contributed by atoms with Gasteiger partial charge in [-0.25, -0.2) is 0 Å². The van der Waals surface area contributed by atoms with Gasteiger partial charge in [-0.3, -0.25) is 14.9 Å². The maximum atomic E-state index is 11.9. The van der Waals surface area contributed by atoms with Crippen LogP contribution in [0.2, 0.25) is 5.02 Å². The molecule has 1 N–H and O–H groups in total. The number of nitrogens with one attached hydrogen (secondary N) is 1. The zero-order chi connectivity index (χ0) is 17.1. The Hall–Kier alpha value is -1.82. The number of hydrogen-bond acceptors (Lipinski definition) is 4. The van der Waals surface area contributed by atoms with Crippen LogP contribution >= 0.6 is 11.6 Å². The van der Waals surface area contributed by atoms with Crippen LogP contribution in [0.4, 0.5) is 17.1 Å². The standard InChI is InChI=1S/C16H22ClN3O3/c1-10(2)16(21)18-13-9-14(15(20(22)23)8-12(13)17)19-7-5-4-6-11(19)3/h8-11H,4-7H2,1-3H3,(H,18,21)/t11-/m1/s1. The molecule has 126 valence electrons. The fraction of sp³-hybridized carbons (Fsp3) is 0.562. The van der Waals surface area contributed by atoms with E-state index in [9.17, 15) is 14.9 Å². The number of benzene rings is 1. The topological polar surface area (TPSA) is 75.5 Å². The highest BCUT2D eigenvalue weighted by molar-refractivity contribution is 6.34. The Morgan fingerprint density at radius 3 is 2.70 bits per heavy atom. The number of carbonyl (C=O) groups excluding carboxylic acids is 1. The SMILES string of the molecule is CC(C)C(=O)Nc1cc(N2CCCC[C@H]2C)c([N+](=O)[O-])cc1Cl. The van der Waals surface area contributed by atoms with Gasteiger partial charge in [-0.1, -0.05) is 25.4 Å². The summed E-state index contributed by atoms with van der Waals surface area (Å²) in [5.41, 5.74) is 0.917. The molecule has 2 rings (SSSR count). The Morgan fingerprint density at radius 2 is 2.13 bits per heavy atom. The number of hydrogen-bond donors (Lipinski definition) is 1. The molecule has 1 aromatic rings. The van der Waals surface area contributed by atoms with Gasteiger partial charge < -0.3 is 10.2 Å². The van der Waals surface area contributed by atoms with Crippen molar-refractivity contribution in [3.8, 4) is 0 Å². The number of nitro benzene ring substituents is 1. The largest absolute Gasteiger partial charge is 0.363 e. The summed E-state index contributed by atoms with van der Waals surface area (Å²) in [5.74, 6) is -0.364. The Balaban J connectivity index is 2.45. The van der Waals surface area contributed by atoms with Gasteiger partial charge in [0.25, 0.3) is 5.69 Å². The van der Waals surface area contributed by atoms with Crippen molar-refractivity contribution in [2.24, 2.45) is 5.92 Å². The minimum absolute atomic E-state index is 0.0219. The molecule has 1 aromatic carbocycles. The monoisotopic (exact) mass is 339 g/mol. The van der Waals surface area contributed by atoms with E-state index in [2.05, 4.69) is 12.2 Å². The average Bonchev–Trinajstić information content (AvgIpc) is 2.49. The minimum atomic E-state index is -0.420. The maximum Gasteiger partial charge on any atom is 0.294 e. The molecule has 1 heterocycles. The number of halogens is 1. The fourth-order valence-electron chi connectivity index (χ4n) is 2.76. The lowest BCUT2D eigenvalue weighted by atomic mass is 10.0. The first-order valence-corrected chi connectivity index (χ1v) is 8.24. The lowest BCUT2D eigenvalue weighted by Crippen LogP contribution is -2.37. The molecule has 1 amide bonds. The van der Waals surface area contributed by atoms with Crippen LogP contribution in [0.15, 0.2) is 12.1 Å². The van der Waals surface area contributed by atoms with Crippen LogP contribution in [0.25, 0.3) is 0 Å². The molecule has 1 aliphatic heterocycles. The second-order valence-electron chi connectivity index (χ2n) is 6.26. The number of nitro groups is 1. The molecule has 7 heteroatoms. The molecule has 0 aliphatic carbocycles. The van der Waals surface area contributed by atoms with E-state index < -0.39 is 4.92 Å². The first-order valence-electron chi connectivity index (χ1n) is 7.86. The van der Waals surface area contributed by atoms with Crippen molar-refractivity contribution in [1.29, 1.82) is 0 Å². The first-order chi connectivity index (χ1) is 10.8. The average molecular weight is 340 g/mol. The molecule has 6 nitrogen and oxygen atoms in total. The van der Waals surface area contributed by atoms with E-state index in [0.29, 0.717) is 11.4 Å². The number of piperidine rings is 1. The molecule has 1 fully saturated rings. The molecule has 1 saturated heterocycles. The molecule has 0 aromatic heterocycles. The highest BCUT2D eigenvalue weighted by Gasteiger charge is 2.27. The summed E-state index contributed by atoms with van der Waals surface area (Å²) in [5, 5.41) is 14.3. The zero-order valence-electron chi connectivity index (χ0n) is 13.6. The smallest absolute Gasteiger partial charge is 0.294 e. The third-order valence-corrected chi connectivity index (χ3v) is 4.47. The van der Waals surface area contributed by atoms with Gasteiger partial charge in [-0.15, -0.1) is 0 Å². The summed E-state index contributed by atoms with van der Waals surface area (Å²) in [6.45, 7) is 6.38. The summed E-state index contributed by atoms with van der Waals surface area (Å²) in [6, 6.07) is 3.17. The predicted octanol–water partition coefficient (Wildman–Crippen LogP) is 4.22. The lowest BCUT2D eigenvalue weighted by molar-refractivity contribution is -0.384. The minimum Gasteiger partial charge on any atom is -0.363 e. The summed E-state index contributed by atoms with van der Waals surface area (Å²) in [4.78, 5) is 24.9. The van der Waals surface area contributed by atoms with Gasteiger partial charge in [0.2, 0.25) is 5.91 Å². The fourth-order valence-corrected chi connectivity index (χ4v) is 2.96. The van der Waals surface area contributed by atoms with Crippen molar-refractivity contribution >= 4 is 34.6 Å². The molecular formula is C16H22ClN3O3. The highest BCUT2D eigenvalue weighted by atomic mass is 35.5. The van der Waals surface area contributed by atoms with Crippen LogP contribution in [0.3, 0.4) is 0 Å². The van der Waals surface area contributed by atoms with Crippen molar-refractivity contribution < 1.29 is 9.72 Å². The van der Waals surface area contributed by atoms with Crippen LogP contribution in [0, 0.1) is 16.0 Å². The lowest BCUT2D eigenvalue weighted by Gasteiger charge is -2.35. The van der Waals surface area contributed by atoms with Crippen LogP contribution in [0.1, 0.15) is 40.0 Å². The quantitative estimate of drug-likeness (QED) is 0.658. The molecular weight excluding hydrogens is 318 g/mol. The van der Waals surface area contributed by atoms with Gasteiger partial charge in [0, 0.05) is 24.6 Å². The molecule has 0 unspecified atom stereocenters. The Bertz CT molecular complexity index is 619. The molecule has 1 aliphatic rings. The predicted molar refractivity (Wildman–Crippen MR) is 92.2 cm³/mol. The molecule has 1 atom stereocenters. The first kappa shape index (κ1) is 17.5. The molecule has 0 spiro atoms. The summed E-state index contributed by atoms with van der Waals surface area (Å²) >= 11 is 6.13. The third kappa shape index (κ3) is 3.93. The van der Waals surface area contributed by atoms with Crippen molar-refractivity contribution in [3.05, 3.63) is 27.3 Å². The van der Waals surface area contributed by atoms with Gasteiger partial charge in [0.05, 0.1) is 15.6 Å². The number of anilines is 2. The normalized spacial score (nSPS) is 18.1. The molecule has 0 bridgehead atoms. The van der Waals surface area contributed by atoms with E-state index in [0.717, 1.165) is 25.8 Å². The van der Waals surface area contributed by atoms with E-state index in [4.69, 9.17) is 11.6 Å².